The smallest absolute Gasteiger partial charge is 0.266 e. The summed E-state index contributed by atoms with van der Waals surface area (Å²) in [5, 5.41) is 0.431. The van der Waals surface area contributed by atoms with Crippen LogP contribution in [0.15, 0.2) is 77.6 Å². The fourth-order valence-corrected chi connectivity index (χ4v) is 3.05. The number of halogens is 2. The molecule has 0 saturated heterocycles. The van der Waals surface area contributed by atoms with Crippen molar-refractivity contribution in [3.8, 4) is 5.69 Å². The molecule has 1 heterocycles. The average Bonchev–Trinajstić information content (AvgIpc) is 2.70. The highest BCUT2D eigenvalue weighted by Gasteiger charge is 2.12. The van der Waals surface area contributed by atoms with Gasteiger partial charge in [-0.2, -0.15) is 0 Å². The SMILES string of the molecule is O=c1c2ccccc2nc(C=Cc2ccccc2)n1-c1ccc(F)c(Cl)c1. The van der Waals surface area contributed by atoms with Crippen LogP contribution in [0.1, 0.15) is 11.4 Å². The fraction of sp³-hybridized carbons (Fsp3) is 0. The summed E-state index contributed by atoms with van der Waals surface area (Å²) in [6, 6.07) is 21.0. The molecule has 0 aliphatic rings. The molecule has 0 saturated carbocycles. The van der Waals surface area contributed by atoms with Crippen LogP contribution < -0.4 is 5.56 Å². The zero-order chi connectivity index (χ0) is 18.8. The number of fused-ring (bicyclic) bond motifs is 1. The van der Waals surface area contributed by atoms with Gasteiger partial charge in [-0.25, -0.2) is 9.37 Å². The highest BCUT2D eigenvalue weighted by molar-refractivity contribution is 6.30. The van der Waals surface area contributed by atoms with Gasteiger partial charge in [0.15, 0.2) is 0 Å². The number of para-hydroxylation sites is 1. The van der Waals surface area contributed by atoms with E-state index in [9.17, 15) is 9.18 Å². The van der Waals surface area contributed by atoms with Crippen LogP contribution in [0.3, 0.4) is 0 Å². The lowest BCUT2D eigenvalue weighted by Gasteiger charge is -2.12. The molecule has 3 nitrogen and oxygen atoms in total. The Hall–Kier alpha value is -3.24. The molecule has 0 aliphatic heterocycles. The van der Waals surface area contributed by atoms with E-state index in [0.29, 0.717) is 22.4 Å². The van der Waals surface area contributed by atoms with Gasteiger partial charge in [-0.1, -0.05) is 60.1 Å². The summed E-state index contributed by atoms with van der Waals surface area (Å²) in [6.07, 6.45) is 3.64. The molecule has 0 unspecified atom stereocenters. The summed E-state index contributed by atoms with van der Waals surface area (Å²) in [5.41, 5.74) is 1.79. The molecule has 27 heavy (non-hydrogen) atoms. The Bertz CT molecular complexity index is 1220. The number of hydrogen-bond donors (Lipinski definition) is 0. The first-order chi connectivity index (χ1) is 13.1. The summed E-state index contributed by atoms with van der Waals surface area (Å²) in [5.74, 6) is -0.103. The third kappa shape index (κ3) is 3.39. The standard InChI is InChI=1S/C22H14ClFN2O/c23-18-14-16(11-12-19(18)24)26-21(13-10-15-6-2-1-3-7-15)25-20-9-5-4-8-17(20)22(26)27/h1-14H. The Balaban J connectivity index is 1.97. The molecule has 4 rings (SSSR count). The molecule has 0 fully saturated rings. The van der Waals surface area contributed by atoms with Crippen molar-refractivity contribution in [1.82, 2.24) is 9.55 Å². The fourth-order valence-electron chi connectivity index (χ4n) is 2.87. The van der Waals surface area contributed by atoms with Gasteiger partial charge in [0.1, 0.15) is 11.6 Å². The lowest BCUT2D eigenvalue weighted by molar-refractivity contribution is 0.627. The molecule has 0 radical (unpaired) electrons. The average molecular weight is 377 g/mol. The third-order valence-corrected chi connectivity index (χ3v) is 4.48. The predicted molar refractivity (Wildman–Crippen MR) is 108 cm³/mol. The van der Waals surface area contributed by atoms with E-state index >= 15 is 0 Å². The van der Waals surface area contributed by atoms with Crippen molar-refractivity contribution in [2.24, 2.45) is 0 Å². The van der Waals surface area contributed by atoms with Gasteiger partial charge in [-0.15, -0.1) is 0 Å². The van der Waals surface area contributed by atoms with E-state index in [1.807, 2.05) is 42.5 Å². The Morgan fingerprint density at radius 3 is 2.44 bits per heavy atom. The highest BCUT2D eigenvalue weighted by Crippen LogP contribution is 2.21. The van der Waals surface area contributed by atoms with Crippen LogP contribution in [-0.4, -0.2) is 9.55 Å². The van der Waals surface area contributed by atoms with E-state index in [1.165, 1.54) is 22.8 Å². The van der Waals surface area contributed by atoms with Gasteiger partial charge in [-0.3, -0.25) is 9.36 Å². The van der Waals surface area contributed by atoms with Crippen LogP contribution in [0.2, 0.25) is 5.02 Å². The lowest BCUT2D eigenvalue weighted by atomic mass is 10.2. The van der Waals surface area contributed by atoms with Crippen molar-refractivity contribution >= 4 is 34.7 Å². The quantitative estimate of drug-likeness (QED) is 0.483. The van der Waals surface area contributed by atoms with Crippen molar-refractivity contribution < 1.29 is 4.39 Å². The lowest BCUT2D eigenvalue weighted by Crippen LogP contribution is -2.22. The minimum Gasteiger partial charge on any atom is -0.268 e. The van der Waals surface area contributed by atoms with Gasteiger partial charge in [-0.05, 0) is 42.0 Å². The van der Waals surface area contributed by atoms with Crippen LogP contribution in [-0.2, 0) is 0 Å². The maximum absolute atomic E-state index is 13.6. The second-order valence-electron chi connectivity index (χ2n) is 5.97. The van der Waals surface area contributed by atoms with E-state index in [4.69, 9.17) is 11.6 Å². The van der Waals surface area contributed by atoms with Gasteiger partial charge in [0.2, 0.25) is 0 Å². The molecule has 0 atom stereocenters. The zero-order valence-corrected chi connectivity index (χ0v) is 14.9. The maximum Gasteiger partial charge on any atom is 0.266 e. The van der Waals surface area contributed by atoms with E-state index in [2.05, 4.69) is 4.98 Å². The minimum absolute atomic E-state index is 0.0504. The monoisotopic (exact) mass is 376 g/mol. The van der Waals surface area contributed by atoms with Gasteiger partial charge < -0.3 is 0 Å². The van der Waals surface area contributed by atoms with Crippen LogP contribution in [0.25, 0.3) is 28.7 Å². The van der Waals surface area contributed by atoms with Gasteiger partial charge in [0.25, 0.3) is 5.56 Å². The molecular weight excluding hydrogens is 363 g/mol. The van der Waals surface area contributed by atoms with Crippen molar-refractivity contribution in [1.29, 1.82) is 0 Å². The molecule has 0 bridgehead atoms. The van der Waals surface area contributed by atoms with Crippen LogP contribution in [0, 0.1) is 5.82 Å². The van der Waals surface area contributed by atoms with E-state index in [1.54, 1.807) is 24.3 Å². The van der Waals surface area contributed by atoms with E-state index in [-0.39, 0.29) is 10.6 Å². The summed E-state index contributed by atoms with van der Waals surface area (Å²) in [7, 11) is 0. The van der Waals surface area contributed by atoms with Gasteiger partial charge in [0, 0.05) is 0 Å². The second-order valence-corrected chi connectivity index (χ2v) is 6.38. The first-order valence-corrected chi connectivity index (χ1v) is 8.71. The Morgan fingerprint density at radius 2 is 1.67 bits per heavy atom. The van der Waals surface area contributed by atoms with E-state index in [0.717, 1.165) is 5.56 Å². The summed E-state index contributed by atoms with van der Waals surface area (Å²) in [6.45, 7) is 0. The molecule has 132 valence electrons. The minimum atomic E-state index is -0.538. The first kappa shape index (κ1) is 17.2. The number of hydrogen-bond acceptors (Lipinski definition) is 2. The van der Waals surface area contributed by atoms with Gasteiger partial charge in [0.05, 0.1) is 21.6 Å². The third-order valence-electron chi connectivity index (χ3n) is 4.19. The molecule has 0 aliphatic carbocycles. The number of aromatic nitrogens is 2. The molecule has 0 N–H and O–H groups in total. The largest absolute Gasteiger partial charge is 0.268 e. The number of rotatable bonds is 3. The molecule has 0 spiro atoms. The summed E-state index contributed by atoms with van der Waals surface area (Å²) >= 11 is 5.93. The van der Waals surface area contributed by atoms with Gasteiger partial charge >= 0.3 is 0 Å². The second kappa shape index (κ2) is 7.17. The molecule has 0 amide bonds. The summed E-state index contributed by atoms with van der Waals surface area (Å²) in [4.78, 5) is 17.7. The molecular formula is C22H14ClFN2O. The van der Waals surface area contributed by atoms with Crippen molar-refractivity contribution in [2.45, 2.75) is 0 Å². The Kier molecular flexibility index (Phi) is 4.57. The predicted octanol–water partition coefficient (Wildman–Crippen LogP) is 5.35. The van der Waals surface area contributed by atoms with Crippen molar-refractivity contribution in [3.63, 3.8) is 0 Å². The molecule has 5 heteroatoms. The molecule has 3 aromatic carbocycles. The summed E-state index contributed by atoms with van der Waals surface area (Å²) < 4.78 is 15.0. The topological polar surface area (TPSA) is 34.9 Å². The van der Waals surface area contributed by atoms with Crippen LogP contribution in [0.4, 0.5) is 4.39 Å². The normalized spacial score (nSPS) is 11.3. The van der Waals surface area contributed by atoms with Crippen LogP contribution >= 0.6 is 11.6 Å². The Labute approximate surface area is 160 Å². The number of benzene rings is 3. The highest BCUT2D eigenvalue weighted by atomic mass is 35.5. The molecule has 4 aromatic rings. The zero-order valence-electron chi connectivity index (χ0n) is 14.1. The Morgan fingerprint density at radius 1 is 0.926 bits per heavy atom. The molecule has 1 aromatic heterocycles. The number of nitrogens with zero attached hydrogens (tertiary/aromatic N) is 2. The maximum atomic E-state index is 13.6. The van der Waals surface area contributed by atoms with Crippen LogP contribution in [0.5, 0.6) is 0 Å². The van der Waals surface area contributed by atoms with Crippen molar-refractivity contribution in [2.75, 3.05) is 0 Å². The van der Waals surface area contributed by atoms with Crippen molar-refractivity contribution in [3.05, 3.63) is 105 Å². The van der Waals surface area contributed by atoms with E-state index < -0.39 is 5.82 Å². The first-order valence-electron chi connectivity index (χ1n) is 8.34.